The van der Waals surface area contributed by atoms with Gasteiger partial charge in [-0.1, -0.05) is 66.7 Å². The molecule has 0 saturated carbocycles. The van der Waals surface area contributed by atoms with E-state index in [9.17, 15) is 4.79 Å². The van der Waals surface area contributed by atoms with Crippen molar-refractivity contribution in [3.05, 3.63) is 94.2 Å². The summed E-state index contributed by atoms with van der Waals surface area (Å²) < 4.78 is 0. The molecule has 1 amide bonds. The van der Waals surface area contributed by atoms with Gasteiger partial charge < -0.3 is 10.2 Å². The van der Waals surface area contributed by atoms with Crippen LogP contribution in [0.1, 0.15) is 40.8 Å². The third kappa shape index (κ3) is 4.34. The van der Waals surface area contributed by atoms with Gasteiger partial charge in [0.1, 0.15) is 6.04 Å². The van der Waals surface area contributed by atoms with Crippen LogP contribution < -0.4 is 10.2 Å². The number of hydrogen-bond donors (Lipinski definition) is 2. The summed E-state index contributed by atoms with van der Waals surface area (Å²) in [6.07, 6.45) is 2.56. The molecular formula is C24H27N2OS+. The van der Waals surface area contributed by atoms with E-state index in [1.807, 2.05) is 60.7 Å². The molecule has 1 aliphatic rings. The molecule has 144 valence electrons. The molecule has 4 rings (SSSR count). The Morgan fingerprint density at radius 2 is 1.50 bits per heavy atom. The molecule has 2 heterocycles. The van der Waals surface area contributed by atoms with E-state index in [4.69, 9.17) is 0 Å². The predicted molar refractivity (Wildman–Crippen MR) is 115 cm³/mol. The Balaban J connectivity index is 1.54. The molecule has 0 bridgehead atoms. The van der Waals surface area contributed by atoms with Crippen LogP contribution in [0.4, 0.5) is 0 Å². The fraction of sp³-hybridized carbons (Fsp3) is 0.292. The number of thiophene rings is 1. The molecule has 0 spiro atoms. The van der Waals surface area contributed by atoms with Crippen molar-refractivity contribution < 1.29 is 9.69 Å². The summed E-state index contributed by atoms with van der Waals surface area (Å²) in [4.78, 5) is 16.3. The maximum Gasteiger partial charge on any atom is 0.232 e. The van der Waals surface area contributed by atoms with Crippen LogP contribution in [0.3, 0.4) is 0 Å². The van der Waals surface area contributed by atoms with Crippen molar-refractivity contribution in [1.29, 1.82) is 0 Å². The van der Waals surface area contributed by atoms with Crippen LogP contribution in [0.25, 0.3) is 0 Å². The largest absolute Gasteiger partial charge is 0.349 e. The second kappa shape index (κ2) is 9.18. The minimum Gasteiger partial charge on any atom is -0.349 e. The highest BCUT2D eigenvalue weighted by Crippen LogP contribution is 2.25. The second-order valence-electron chi connectivity index (χ2n) is 7.43. The van der Waals surface area contributed by atoms with E-state index >= 15 is 0 Å². The number of hydrogen-bond acceptors (Lipinski definition) is 2. The fourth-order valence-corrected chi connectivity index (χ4v) is 5.09. The molecule has 1 saturated heterocycles. The van der Waals surface area contributed by atoms with Crippen LogP contribution in [0.2, 0.25) is 0 Å². The van der Waals surface area contributed by atoms with Crippen molar-refractivity contribution in [2.45, 2.75) is 24.8 Å². The van der Waals surface area contributed by atoms with Crippen LogP contribution >= 0.6 is 11.3 Å². The normalized spacial score (nSPS) is 15.6. The van der Waals surface area contributed by atoms with Gasteiger partial charge >= 0.3 is 0 Å². The summed E-state index contributed by atoms with van der Waals surface area (Å²) in [5.74, 6) is -0.197. The van der Waals surface area contributed by atoms with Crippen LogP contribution in [-0.4, -0.2) is 25.5 Å². The molecule has 0 unspecified atom stereocenters. The lowest BCUT2D eigenvalue weighted by Crippen LogP contribution is -3.11. The van der Waals surface area contributed by atoms with E-state index in [1.165, 1.54) is 30.8 Å². The highest BCUT2D eigenvalue weighted by atomic mass is 32.1. The summed E-state index contributed by atoms with van der Waals surface area (Å²) in [6, 6.07) is 24.8. The van der Waals surface area contributed by atoms with Crippen molar-refractivity contribution in [1.82, 2.24) is 5.32 Å². The topological polar surface area (TPSA) is 33.5 Å². The highest BCUT2D eigenvalue weighted by Gasteiger charge is 2.30. The zero-order chi connectivity index (χ0) is 19.2. The first kappa shape index (κ1) is 18.9. The Kier molecular flexibility index (Phi) is 6.20. The summed E-state index contributed by atoms with van der Waals surface area (Å²) in [6.45, 7) is 3.07. The zero-order valence-corrected chi connectivity index (χ0v) is 16.8. The van der Waals surface area contributed by atoms with Crippen LogP contribution in [0.5, 0.6) is 0 Å². The Morgan fingerprint density at radius 1 is 0.893 bits per heavy atom. The van der Waals surface area contributed by atoms with Crippen LogP contribution in [-0.2, 0) is 4.79 Å². The van der Waals surface area contributed by atoms with Gasteiger partial charge in [0.15, 0.2) is 0 Å². The Bertz CT molecular complexity index is 819. The summed E-state index contributed by atoms with van der Waals surface area (Å²) in [7, 11) is 0. The standard InChI is InChI=1S/C24H26N2OS/c27-24(23(19-10-3-1-4-11-19)20-12-5-2-6-13-20)25-18-21(22-14-9-17-28-22)26-15-7-8-16-26/h1-6,9-14,17,21,23H,7-8,15-16,18H2,(H,25,27)/p+1/t21-/m0/s1. The van der Waals surface area contributed by atoms with Gasteiger partial charge in [-0.2, -0.15) is 0 Å². The van der Waals surface area contributed by atoms with E-state index < -0.39 is 0 Å². The number of nitrogens with one attached hydrogen (secondary N) is 2. The van der Waals surface area contributed by atoms with E-state index in [-0.39, 0.29) is 11.8 Å². The van der Waals surface area contributed by atoms with E-state index in [1.54, 1.807) is 16.2 Å². The van der Waals surface area contributed by atoms with Crippen LogP contribution in [0, 0.1) is 0 Å². The molecule has 3 aromatic rings. The van der Waals surface area contributed by atoms with Crippen molar-refractivity contribution >= 4 is 17.2 Å². The van der Waals surface area contributed by atoms with Crippen LogP contribution in [0.15, 0.2) is 78.2 Å². The molecule has 1 aromatic heterocycles. The highest BCUT2D eigenvalue weighted by molar-refractivity contribution is 7.10. The van der Waals surface area contributed by atoms with Gasteiger partial charge in [-0.15, -0.1) is 11.3 Å². The Hall–Kier alpha value is -2.43. The van der Waals surface area contributed by atoms with Gasteiger partial charge in [0.25, 0.3) is 0 Å². The number of quaternary nitrogens is 1. The summed E-state index contributed by atoms with van der Waals surface area (Å²) >= 11 is 1.80. The van der Waals surface area contributed by atoms with Gasteiger partial charge in [0.05, 0.1) is 30.4 Å². The number of carbonyl (C=O) groups is 1. The SMILES string of the molecule is O=C(NC[C@@H](c1cccs1)[NH+]1CCCC1)C(c1ccccc1)c1ccccc1. The molecule has 0 aliphatic carbocycles. The Labute approximate surface area is 171 Å². The van der Waals surface area contributed by atoms with Crippen molar-refractivity contribution in [2.24, 2.45) is 0 Å². The molecular weight excluding hydrogens is 364 g/mol. The number of amides is 1. The fourth-order valence-electron chi connectivity index (χ4n) is 4.20. The van der Waals surface area contributed by atoms with Crippen molar-refractivity contribution in [3.8, 4) is 0 Å². The summed E-state index contributed by atoms with van der Waals surface area (Å²) in [5, 5.41) is 5.43. The number of rotatable bonds is 7. The molecule has 1 atom stereocenters. The predicted octanol–water partition coefficient (Wildman–Crippen LogP) is 3.42. The molecule has 28 heavy (non-hydrogen) atoms. The lowest BCUT2D eigenvalue weighted by atomic mass is 9.90. The smallest absolute Gasteiger partial charge is 0.232 e. The number of likely N-dealkylation sites (tertiary alicyclic amines) is 1. The first-order valence-electron chi connectivity index (χ1n) is 10.1. The molecule has 1 fully saturated rings. The van der Waals surface area contributed by atoms with E-state index in [0.717, 1.165) is 11.1 Å². The zero-order valence-electron chi connectivity index (χ0n) is 16.0. The molecule has 1 aliphatic heterocycles. The average molecular weight is 392 g/mol. The third-order valence-electron chi connectivity index (χ3n) is 5.63. The second-order valence-corrected chi connectivity index (χ2v) is 8.41. The molecule has 2 aromatic carbocycles. The first-order chi connectivity index (χ1) is 13.8. The van der Waals surface area contributed by atoms with E-state index in [0.29, 0.717) is 12.6 Å². The maximum atomic E-state index is 13.3. The number of carbonyl (C=O) groups excluding carboxylic acids is 1. The monoisotopic (exact) mass is 391 g/mol. The quantitative estimate of drug-likeness (QED) is 0.636. The van der Waals surface area contributed by atoms with E-state index in [2.05, 4.69) is 22.8 Å². The first-order valence-corrected chi connectivity index (χ1v) is 11.0. The maximum absolute atomic E-state index is 13.3. The molecule has 3 nitrogen and oxygen atoms in total. The third-order valence-corrected chi connectivity index (χ3v) is 6.62. The van der Waals surface area contributed by atoms with Gasteiger partial charge in [-0.05, 0) is 22.6 Å². The lowest BCUT2D eigenvalue weighted by Gasteiger charge is -2.25. The summed E-state index contributed by atoms with van der Waals surface area (Å²) in [5.41, 5.74) is 2.07. The minimum atomic E-state index is -0.278. The average Bonchev–Trinajstić information content (AvgIpc) is 3.45. The number of benzene rings is 2. The molecule has 0 radical (unpaired) electrons. The van der Waals surface area contributed by atoms with Gasteiger partial charge in [0.2, 0.25) is 5.91 Å². The lowest BCUT2D eigenvalue weighted by molar-refractivity contribution is -0.918. The Morgan fingerprint density at radius 3 is 2.04 bits per heavy atom. The van der Waals surface area contributed by atoms with Gasteiger partial charge in [0, 0.05) is 12.8 Å². The molecule has 2 N–H and O–H groups in total. The van der Waals surface area contributed by atoms with Gasteiger partial charge in [-0.3, -0.25) is 4.79 Å². The minimum absolute atomic E-state index is 0.0811. The molecule has 4 heteroatoms. The van der Waals surface area contributed by atoms with Gasteiger partial charge in [-0.25, -0.2) is 0 Å². The van der Waals surface area contributed by atoms with Crippen molar-refractivity contribution in [3.63, 3.8) is 0 Å². The van der Waals surface area contributed by atoms with Crippen molar-refractivity contribution in [2.75, 3.05) is 19.6 Å².